The molecule has 2 atom stereocenters. The first kappa shape index (κ1) is 14.8. The van der Waals surface area contributed by atoms with Crippen molar-refractivity contribution in [3.05, 3.63) is 0 Å². The molecule has 0 aliphatic carbocycles. The number of amides is 1. The van der Waals surface area contributed by atoms with Gasteiger partial charge in [-0.2, -0.15) is 0 Å². The molecule has 0 aromatic heterocycles. The van der Waals surface area contributed by atoms with E-state index in [1.807, 2.05) is 0 Å². The smallest absolute Gasteiger partial charge is 0.237 e. The summed E-state index contributed by atoms with van der Waals surface area (Å²) in [5.41, 5.74) is 0. The van der Waals surface area contributed by atoms with E-state index < -0.39 is 0 Å². The zero-order valence-electron chi connectivity index (χ0n) is 12.3. The lowest BCUT2D eigenvalue weighted by Crippen LogP contribution is -2.53. The number of carbonyl (C=O) groups is 1. The van der Waals surface area contributed by atoms with Crippen molar-refractivity contribution in [2.75, 3.05) is 45.8 Å². The molecule has 2 fully saturated rings. The van der Waals surface area contributed by atoms with Crippen LogP contribution in [0.4, 0.5) is 0 Å². The van der Waals surface area contributed by atoms with Crippen molar-refractivity contribution in [2.45, 2.75) is 38.8 Å². The zero-order valence-corrected chi connectivity index (χ0v) is 12.3. The molecule has 0 aromatic rings. The molecular formula is C14H28N4O. The summed E-state index contributed by atoms with van der Waals surface area (Å²) in [6, 6.07) is 0.480. The lowest BCUT2D eigenvalue weighted by atomic mass is 10.2. The summed E-state index contributed by atoms with van der Waals surface area (Å²) >= 11 is 0. The van der Waals surface area contributed by atoms with E-state index >= 15 is 0 Å². The average molecular weight is 268 g/mol. The second kappa shape index (κ2) is 7.22. The van der Waals surface area contributed by atoms with E-state index in [1.54, 1.807) is 0 Å². The highest BCUT2D eigenvalue weighted by Crippen LogP contribution is 2.07. The third-order valence-corrected chi connectivity index (χ3v) is 4.43. The maximum absolute atomic E-state index is 11.9. The van der Waals surface area contributed by atoms with Crippen LogP contribution in [0.1, 0.15) is 26.7 Å². The normalized spacial score (nSPS) is 27.4. The first-order valence-electron chi connectivity index (χ1n) is 7.68. The molecule has 2 aliphatic rings. The van der Waals surface area contributed by atoms with Crippen LogP contribution >= 0.6 is 0 Å². The molecule has 0 bridgehead atoms. The Morgan fingerprint density at radius 3 is 2.68 bits per heavy atom. The molecule has 110 valence electrons. The Morgan fingerprint density at radius 1 is 1.37 bits per heavy atom. The van der Waals surface area contributed by atoms with Gasteiger partial charge in [0.1, 0.15) is 0 Å². The monoisotopic (exact) mass is 268 g/mol. The van der Waals surface area contributed by atoms with Crippen molar-refractivity contribution >= 4 is 5.91 Å². The second-order valence-corrected chi connectivity index (χ2v) is 5.71. The van der Waals surface area contributed by atoms with Crippen LogP contribution in [-0.2, 0) is 4.79 Å². The molecule has 1 unspecified atom stereocenters. The van der Waals surface area contributed by atoms with E-state index in [9.17, 15) is 4.79 Å². The number of hydrogen-bond donors (Lipinski definition) is 2. The van der Waals surface area contributed by atoms with Crippen LogP contribution in [0, 0.1) is 0 Å². The molecular weight excluding hydrogens is 240 g/mol. The molecule has 2 heterocycles. The summed E-state index contributed by atoms with van der Waals surface area (Å²) in [5, 5.41) is 6.33. The van der Waals surface area contributed by atoms with Crippen LogP contribution in [-0.4, -0.2) is 73.6 Å². The van der Waals surface area contributed by atoms with Crippen molar-refractivity contribution in [2.24, 2.45) is 0 Å². The fraction of sp³-hybridized carbons (Fsp3) is 0.929. The van der Waals surface area contributed by atoms with E-state index in [4.69, 9.17) is 0 Å². The number of hydrogen-bond acceptors (Lipinski definition) is 4. The van der Waals surface area contributed by atoms with Gasteiger partial charge in [0.25, 0.3) is 0 Å². The SMILES string of the molecule is CCN1CCN(C(C)CNC(=O)[C@@H]2CCCN2)CC1. The van der Waals surface area contributed by atoms with Gasteiger partial charge >= 0.3 is 0 Å². The van der Waals surface area contributed by atoms with Crippen LogP contribution in [0.25, 0.3) is 0 Å². The Bertz CT molecular complexity index is 283. The van der Waals surface area contributed by atoms with Crippen molar-refractivity contribution in [3.8, 4) is 0 Å². The van der Waals surface area contributed by atoms with Crippen molar-refractivity contribution in [1.29, 1.82) is 0 Å². The standard InChI is InChI=1S/C14H28N4O/c1-3-17-7-9-18(10-8-17)12(2)11-16-14(19)13-5-4-6-15-13/h12-13,15H,3-11H2,1-2H3,(H,16,19)/t12?,13-/m0/s1. The zero-order chi connectivity index (χ0) is 13.7. The summed E-state index contributed by atoms with van der Waals surface area (Å²) in [5.74, 6) is 0.177. The lowest BCUT2D eigenvalue weighted by molar-refractivity contribution is -0.123. The average Bonchev–Trinajstić information content (AvgIpc) is 2.98. The number of piperazine rings is 1. The van der Waals surface area contributed by atoms with Crippen LogP contribution in [0.15, 0.2) is 0 Å². The minimum atomic E-state index is 0.0455. The minimum Gasteiger partial charge on any atom is -0.353 e. The van der Waals surface area contributed by atoms with Gasteiger partial charge in [-0.15, -0.1) is 0 Å². The second-order valence-electron chi connectivity index (χ2n) is 5.71. The highest BCUT2D eigenvalue weighted by Gasteiger charge is 2.24. The molecule has 2 aliphatic heterocycles. The highest BCUT2D eigenvalue weighted by atomic mass is 16.2. The predicted molar refractivity (Wildman–Crippen MR) is 77.2 cm³/mol. The van der Waals surface area contributed by atoms with Crippen LogP contribution in [0.3, 0.4) is 0 Å². The van der Waals surface area contributed by atoms with Gasteiger partial charge < -0.3 is 15.5 Å². The quantitative estimate of drug-likeness (QED) is 0.730. The molecule has 0 aromatic carbocycles. The molecule has 1 amide bonds. The van der Waals surface area contributed by atoms with Gasteiger partial charge in [0.2, 0.25) is 5.91 Å². The fourth-order valence-electron chi connectivity index (χ4n) is 2.93. The minimum absolute atomic E-state index is 0.0455. The Hall–Kier alpha value is -0.650. The molecule has 0 spiro atoms. The van der Waals surface area contributed by atoms with Crippen LogP contribution in [0.5, 0.6) is 0 Å². The lowest BCUT2D eigenvalue weighted by Gasteiger charge is -2.37. The first-order chi connectivity index (χ1) is 9.20. The van der Waals surface area contributed by atoms with E-state index in [1.165, 1.54) is 0 Å². The first-order valence-corrected chi connectivity index (χ1v) is 7.68. The molecule has 2 rings (SSSR count). The third kappa shape index (κ3) is 4.16. The molecule has 0 radical (unpaired) electrons. The maximum atomic E-state index is 11.9. The van der Waals surface area contributed by atoms with Gasteiger partial charge in [0, 0.05) is 38.8 Å². The maximum Gasteiger partial charge on any atom is 0.237 e. The summed E-state index contributed by atoms with van der Waals surface area (Å²) in [4.78, 5) is 16.9. The third-order valence-electron chi connectivity index (χ3n) is 4.43. The van der Waals surface area contributed by atoms with E-state index in [0.29, 0.717) is 6.04 Å². The summed E-state index contributed by atoms with van der Waals surface area (Å²) in [6.45, 7) is 11.9. The van der Waals surface area contributed by atoms with Gasteiger partial charge in [-0.25, -0.2) is 0 Å². The van der Waals surface area contributed by atoms with Crippen molar-refractivity contribution in [1.82, 2.24) is 20.4 Å². The number of nitrogens with zero attached hydrogens (tertiary/aromatic N) is 2. The summed E-state index contributed by atoms with van der Waals surface area (Å²) in [7, 11) is 0. The van der Waals surface area contributed by atoms with E-state index in [-0.39, 0.29) is 11.9 Å². The molecule has 19 heavy (non-hydrogen) atoms. The van der Waals surface area contributed by atoms with Crippen molar-refractivity contribution in [3.63, 3.8) is 0 Å². The van der Waals surface area contributed by atoms with Gasteiger partial charge in [-0.1, -0.05) is 6.92 Å². The Morgan fingerprint density at radius 2 is 2.11 bits per heavy atom. The topological polar surface area (TPSA) is 47.6 Å². The molecule has 5 heteroatoms. The highest BCUT2D eigenvalue weighted by molar-refractivity contribution is 5.82. The van der Waals surface area contributed by atoms with Crippen LogP contribution < -0.4 is 10.6 Å². The molecule has 2 N–H and O–H groups in total. The Balaban J connectivity index is 1.66. The van der Waals surface area contributed by atoms with Gasteiger partial charge in [0.15, 0.2) is 0 Å². The van der Waals surface area contributed by atoms with E-state index in [2.05, 4.69) is 34.3 Å². The molecule has 2 saturated heterocycles. The number of likely N-dealkylation sites (N-methyl/N-ethyl adjacent to an activating group) is 1. The van der Waals surface area contributed by atoms with Crippen molar-refractivity contribution < 1.29 is 4.79 Å². The fourth-order valence-corrected chi connectivity index (χ4v) is 2.93. The molecule has 5 nitrogen and oxygen atoms in total. The number of carbonyl (C=O) groups excluding carboxylic acids is 1. The molecule has 0 saturated carbocycles. The van der Waals surface area contributed by atoms with Gasteiger partial charge in [0.05, 0.1) is 6.04 Å². The predicted octanol–water partition coefficient (Wildman–Crippen LogP) is -0.119. The Kier molecular flexibility index (Phi) is 5.60. The van der Waals surface area contributed by atoms with Crippen LogP contribution in [0.2, 0.25) is 0 Å². The van der Waals surface area contributed by atoms with E-state index in [0.717, 1.165) is 58.7 Å². The number of rotatable bonds is 5. The number of nitrogens with one attached hydrogen (secondary N) is 2. The Labute approximate surface area is 116 Å². The largest absolute Gasteiger partial charge is 0.353 e. The summed E-state index contributed by atoms with van der Waals surface area (Å²) in [6.07, 6.45) is 2.10. The summed E-state index contributed by atoms with van der Waals surface area (Å²) < 4.78 is 0. The van der Waals surface area contributed by atoms with Gasteiger partial charge in [-0.3, -0.25) is 9.69 Å². The van der Waals surface area contributed by atoms with Gasteiger partial charge in [-0.05, 0) is 32.9 Å².